The van der Waals surface area contributed by atoms with Crippen LogP contribution in [-0.2, 0) is 15.7 Å². The lowest BCUT2D eigenvalue weighted by molar-refractivity contribution is -0.137. The van der Waals surface area contributed by atoms with Gasteiger partial charge in [0, 0.05) is 5.69 Å². The zero-order valence-corrected chi connectivity index (χ0v) is 16.1. The first kappa shape index (κ1) is 21.2. The van der Waals surface area contributed by atoms with E-state index in [-0.39, 0.29) is 11.3 Å². The molecule has 0 unspecified atom stereocenters. The lowest BCUT2D eigenvalue weighted by atomic mass is 10.1. The predicted molar refractivity (Wildman–Crippen MR) is 105 cm³/mol. The van der Waals surface area contributed by atoms with Crippen LogP contribution in [0.5, 0.6) is 5.75 Å². The van der Waals surface area contributed by atoms with Crippen LogP contribution in [0.2, 0.25) is 0 Å². The minimum absolute atomic E-state index is 0.152. The van der Waals surface area contributed by atoms with Crippen LogP contribution in [0, 0.1) is 0 Å². The molecule has 1 N–H and O–H groups in total. The highest BCUT2D eigenvalue weighted by Gasteiger charge is 2.30. The number of hydrogen-bond acceptors (Lipinski definition) is 4. The first-order valence-corrected chi connectivity index (χ1v) is 8.95. The summed E-state index contributed by atoms with van der Waals surface area (Å²) < 4.78 is 48.3. The molecule has 8 heteroatoms. The highest BCUT2D eigenvalue weighted by Crippen LogP contribution is 2.30. The topological polar surface area (TPSA) is 64.6 Å². The number of fused-ring (bicyclic) bond motifs is 1. The number of halogens is 3. The lowest BCUT2D eigenvalue weighted by Crippen LogP contribution is -2.30. The molecule has 0 spiro atoms. The second kappa shape index (κ2) is 8.44. The number of amides is 1. The van der Waals surface area contributed by atoms with Crippen LogP contribution in [0.4, 0.5) is 18.9 Å². The molecule has 0 aromatic heterocycles. The zero-order chi connectivity index (χ0) is 21.9. The first-order valence-electron chi connectivity index (χ1n) is 8.95. The number of carbonyl (C=O) groups is 2. The van der Waals surface area contributed by atoms with Crippen molar-refractivity contribution in [2.75, 3.05) is 12.4 Å². The Labute approximate surface area is 170 Å². The average Bonchev–Trinajstić information content (AvgIpc) is 2.72. The normalized spacial score (nSPS) is 12.3. The van der Waals surface area contributed by atoms with E-state index in [2.05, 4.69) is 5.32 Å². The molecule has 0 radical (unpaired) electrons. The Balaban J connectivity index is 1.70. The predicted octanol–water partition coefficient (Wildman–Crippen LogP) is 5.05. The summed E-state index contributed by atoms with van der Waals surface area (Å²) in [5.41, 5.74) is -0.520. The molecule has 3 aromatic rings. The number of alkyl halides is 3. The van der Waals surface area contributed by atoms with E-state index < -0.39 is 29.7 Å². The maximum absolute atomic E-state index is 12.6. The van der Waals surface area contributed by atoms with Gasteiger partial charge in [-0.25, -0.2) is 4.79 Å². The van der Waals surface area contributed by atoms with Gasteiger partial charge in [0.05, 0.1) is 12.7 Å². The van der Waals surface area contributed by atoms with Crippen LogP contribution < -0.4 is 10.1 Å². The van der Waals surface area contributed by atoms with Crippen molar-refractivity contribution in [1.82, 2.24) is 0 Å². The molecule has 30 heavy (non-hydrogen) atoms. The first-order chi connectivity index (χ1) is 14.2. The van der Waals surface area contributed by atoms with Gasteiger partial charge in [-0.1, -0.05) is 24.3 Å². The molecule has 3 aromatic carbocycles. The Bertz CT molecular complexity index is 1080. The smallest absolute Gasteiger partial charge is 0.416 e. The van der Waals surface area contributed by atoms with E-state index in [9.17, 15) is 22.8 Å². The fourth-order valence-electron chi connectivity index (χ4n) is 2.81. The van der Waals surface area contributed by atoms with Gasteiger partial charge < -0.3 is 14.8 Å². The zero-order valence-electron chi connectivity index (χ0n) is 16.1. The second-order valence-corrected chi connectivity index (χ2v) is 6.51. The van der Waals surface area contributed by atoms with Crippen molar-refractivity contribution < 1.29 is 32.2 Å². The molecule has 0 bridgehead atoms. The van der Waals surface area contributed by atoms with Crippen molar-refractivity contribution in [2.45, 2.75) is 19.2 Å². The fourth-order valence-corrected chi connectivity index (χ4v) is 2.81. The average molecular weight is 417 g/mol. The third kappa shape index (κ3) is 4.71. The lowest BCUT2D eigenvalue weighted by Gasteiger charge is -2.16. The maximum atomic E-state index is 12.6. The van der Waals surface area contributed by atoms with Crippen molar-refractivity contribution in [3.63, 3.8) is 0 Å². The Morgan fingerprint density at radius 2 is 1.57 bits per heavy atom. The van der Waals surface area contributed by atoms with Gasteiger partial charge >= 0.3 is 12.1 Å². The minimum Gasteiger partial charge on any atom is -0.496 e. The largest absolute Gasteiger partial charge is 0.496 e. The number of benzene rings is 3. The van der Waals surface area contributed by atoms with Crippen LogP contribution >= 0.6 is 0 Å². The van der Waals surface area contributed by atoms with Crippen LogP contribution in [-0.4, -0.2) is 25.1 Å². The highest BCUT2D eigenvalue weighted by atomic mass is 19.4. The maximum Gasteiger partial charge on any atom is 0.416 e. The van der Waals surface area contributed by atoms with Gasteiger partial charge in [-0.05, 0) is 54.1 Å². The Morgan fingerprint density at radius 3 is 2.13 bits per heavy atom. The van der Waals surface area contributed by atoms with E-state index in [0.717, 1.165) is 35.0 Å². The summed E-state index contributed by atoms with van der Waals surface area (Å²) in [6.45, 7) is 1.37. The summed E-state index contributed by atoms with van der Waals surface area (Å²) >= 11 is 0. The number of rotatable bonds is 5. The molecule has 1 amide bonds. The second-order valence-electron chi connectivity index (χ2n) is 6.51. The summed E-state index contributed by atoms with van der Waals surface area (Å²) in [5.74, 6) is -1.13. The number of hydrogen-bond donors (Lipinski definition) is 1. The molecule has 0 aliphatic rings. The molecule has 0 aliphatic carbocycles. The van der Waals surface area contributed by atoms with Gasteiger partial charge in [0.2, 0.25) is 0 Å². The quantitative estimate of drug-likeness (QED) is 0.590. The molecule has 0 saturated heterocycles. The van der Waals surface area contributed by atoms with Crippen molar-refractivity contribution in [2.24, 2.45) is 0 Å². The molecular formula is C22H18F3NO4. The van der Waals surface area contributed by atoms with E-state index >= 15 is 0 Å². The molecule has 3 rings (SSSR count). The van der Waals surface area contributed by atoms with Crippen molar-refractivity contribution in [3.05, 3.63) is 71.8 Å². The van der Waals surface area contributed by atoms with Gasteiger partial charge in [-0.15, -0.1) is 0 Å². The summed E-state index contributed by atoms with van der Waals surface area (Å²) in [6.07, 6.45) is -5.65. The summed E-state index contributed by atoms with van der Waals surface area (Å²) in [5, 5.41) is 4.09. The van der Waals surface area contributed by atoms with E-state index in [1.807, 2.05) is 24.3 Å². The van der Waals surface area contributed by atoms with E-state index in [0.29, 0.717) is 5.75 Å². The Hall–Kier alpha value is -3.55. The molecule has 5 nitrogen and oxygen atoms in total. The number of ether oxygens (including phenoxy) is 2. The summed E-state index contributed by atoms with van der Waals surface area (Å²) in [6, 6.07) is 14.6. The van der Waals surface area contributed by atoms with Crippen LogP contribution in [0.3, 0.4) is 0 Å². The third-order valence-electron chi connectivity index (χ3n) is 4.42. The highest BCUT2D eigenvalue weighted by molar-refractivity contribution is 6.01. The van der Waals surface area contributed by atoms with Crippen LogP contribution in [0.25, 0.3) is 10.8 Å². The molecule has 156 valence electrons. The van der Waals surface area contributed by atoms with Gasteiger partial charge in [0.1, 0.15) is 11.3 Å². The van der Waals surface area contributed by atoms with Gasteiger partial charge in [-0.2, -0.15) is 13.2 Å². The SMILES string of the molecule is COc1cc2ccccc2cc1C(=O)O[C@H](C)C(=O)Nc1ccc(C(F)(F)F)cc1. The van der Waals surface area contributed by atoms with E-state index in [4.69, 9.17) is 9.47 Å². The molecular weight excluding hydrogens is 399 g/mol. The molecule has 0 heterocycles. The molecule has 0 fully saturated rings. The fraction of sp³-hybridized carbons (Fsp3) is 0.182. The monoisotopic (exact) mass is 417 g/mol. The summed E-state index contributed by atoms with van der Waals surface area (Å²) in [4.78, 5) is 24.9. The molecule has 1 atom stereocenters. The minimum atomic E-state index is -4.47. The van der Waals surface area contributed by atoms with Gasteiger partial charge in [0.25, 0.3) is 5.91 Å². The number of anilines is 1. The van der Waals surface area contributed by atoms with E-state index in [1.54, 1.807) is 12.1 Å². The Kier molecular flexibility index (Phi) is 5.96. The summed E-state index contributed by atoms with van der Waals surface area (Å²) in [7, 11) is 1.42. The van der Waals surface area contributed by atoms with Gasteiger partial charge in [0.15, 0.2) is 6.10 Å². The van der Waals surface area contributed by atoms with Crippen molar-refractivity contribution in [3.8, 4) is 5.75 Å². The number of methoxy groups -OCH3 is 1. The molecule has 0 saturated carbocycles. The van der Waals surface area contributed by atoms with Crippen LogP contribution in [0.1, 0.15) is 22.8 Å². The molecule has 0 aliphatic heterocycles. The van der Waals surface area contributed by atoms with Crippen LogP contribution in [0.15, 0.2) is 60.7 Å². The van der Waals surface area contributed by atoms with Crippen molar-refractivity contribution in [1.29, 1.82) is 0 Å². The number of esters is 1. The standard InChI is InChI=1S/C22H18F3NO4/c1-13(20(27)26-17-9-7-16(8-10-17)22(23,24)25)30-21(28)18-11-14-5-3-4-6-15(14)12-19(18)29-2/h3-13H,1-2H3,(H,26,27)/t13-/m1/s1. The Morgan fingerprint density at radius 1 is 0.967 bits per heavy atom. The van der Waals surface area contributed by atoms with E-state index in [1.165, 1.54) is 14.0 Å². The van der Waals surface area contributed by atoms with Crippen molar-refractivity contribution >= 4 is 28.3 Å². The third-order valence-corrected chi connectivity index (χ3v) is 4.42. The number of carbonyl (C=O) groups excluding carboxylic acids is 2. The van der Waals surface area contributed by atoms with Gasteiger partial charge in [-0.3, -0.25) is 4.79 Å². The number of nitrogens with one attached hydrogen (secondary N) is 1.